The van der Waals surface area contributed by atoms with Crippen molar-refractivity contribution in [3.8, 4) is 0 Å². The highest BCUT2D eigenvalue weighted by Crippen LogP contribution is 2.28. The number of rotatable bonds is 8. The van der Waals surface area contributed by atoms with Crippen LogP contribution in [0.25, 0.3) is 0 Å². The number of benzene rings is 1. The first-order chi connectivity index (χ1) is 12.6. The highest BCUT2D eigenvalue weighted by Gasteiger charge is 2.16. The van der Waals surface area contributed by atoms with Gasteiger partial charge in [0.2, 0.25) is 11.0 Å². The van der Waals surface area contributed by atoms with Crippen LogP contribution < -0.4 is 10.6 Å². The molecule has 6 nitrogen and oxygen atoms in total. The molecule has 1 aromatic carbocycles. The molecule has 2 heterocycles. The van der Waals surface area contributed by atoms with Crippen molar-refractivity contribution >= 4 is 39.8 Å². The number of thioether (sulfide) groups is 1. The fourth-order valence-electron chi connectivity index (χ4n) is 2.60. The van der Waals surface area contributed by atoms with E-state index in [4.69, 9.17) is 4.74 Å². The Kier molecular flexibility index (Phi) is 6.87. The van der Waals surface area contributed by atoms with Crippen LogP contribution in [0, 0.1) is 0 Å². The van der Waals surface area contributed by atoms with Gasteiger partial charge in [0.25, 0.3) is 0 Å². The highest BCUT2D eigenvalue weighted by molar-refractivity contribution is 8.01. The van der Waals surface area contributed by atoms with Gasteiger partial charge in [-0.15, -0.1) is 10.2 Å². The molecule has 1 fully saturated rings. The molecule has 1 atom stereocenters. The molecular weight excluding hydrogens is 368 g/mol. The first-order valence-electron chi connectivity index (χ1n) is 8.82. The second-order valence-corrected chi connectivity index (χ2v) is 8.70. The molecule has 0 aliphatic carbocycles. The Bertz CT molecular complexity index is 712. The molecule has 2 N–H and O–H groups in total. The van der Waals surface area contributed by atoms with Crippen LogP contribution in [0.15, 0.2) is 28.6 Å². The van der Waals surface area contributed by atoms with Crippen molar-refractivity contribution in [1.82, 2.24) is 15.5 Å². The Balaban J connectivity index is 1.43. The smallest absolute Gasteiger partial charge is 0.230 e. The van der Waals surface area contributed by atoms with Crippen molar-refractivity contribution in [1.29, 1.82) is 0 Å². The van der Waals surface area contributed by atoms with Gasteiger partial charge in [-0.1, -0.05) is 49.1 Å². The lowest BCUT2D eigenvalue weighted by Gasteiger charge is -2.09. The molecular formula is C18H24N4O2S2. The van der Waals surface area contributed by atoms with Crippen LogP contribution in [0.1, 0.15) is 38.2 Å². The van der Waals surface area contributed by atoms with Crippen LogP contribution in [0.3, 0.4) is 0 Å². The van der Waals surface area contributed by atoms with Gasteiger partial charge in [-0.05, 0) is 36.5 Å². The molecule has 1 saturated heterocycles. The minimum atomic E-state index is -0.000478. The maximum Gasteiger partial charge on any atom is 0.230 e. The predicted octanol–water partition coefficient (Wildman–Crippen LogP) is 3.79. The number of hydrogen-bond acceptors (Lipinski definition) is 7. The first-order valence-corrected chi connectivity index (χ1v) is 10.6. The molecule has 26 heavy (non-hydrogen) atoms. The number of amides is 1. The van der Waals surface area contributed by atoms with Crippen molar-refractivity contribution in [3.63, 3.8) is 0 Å². The predicted molar refractivity (Wildman–Crippen MR) is 106 cm³/mol. The number of carbonyl (C=O) groups is 1. The Labute approximate surface area is 162 Å². The van der Waals surface area contributed by atoms with Crippen LogP contribution in [-0.4, -0.2) is 41.1 Å². The van der Waals surface area contributed by atoms with Crippen molar-refractivity contribution in [3.05, 3.63) is 29.8 Å². The number of ether oxygens (including phenoxy) is 1. The monoisotopic (exact) mass is 392 g/mol. The summed E-state index contributed by atoms with van der Waals surface area (Å²) >= 11 is 2.85. The lowest BCUT2D eigenvalue weighted by Crippen LogP contribution is -2.32. The molecule has 1 aromatic heterocycles. The summed E-state index contributed by atoms with van der Waals surface area (Å²) in [6, 6.07) is 8.31. The molecule has 2 aromatic rings. The Hall–Kier alpha value is -1.64. The van der Waals surface area contributed by atoms with E-state index in [-0.39, 0.29) is 12.0 Å². The van der Waals surface area contributed by atoms with Crippen LogP contribution in [0.5, 0.6) is 0 Å². The van der Waals surface area contributed by atoms with Gasteiger partial charge in [0.05, 0.1) is 11.9 Å². The maximum absolute atomic E-state index is 11.9. The number of nitrogens with one attached hydrogen (secondary N) is 2. The summed E-state index contributed by atoms with van der Waals surface area (Å²) in [7, 11) is 0. The topological polar surface area (TPSA) is 76.1 Å². The van der Waals surface area contributed by atoms with Crippen LogP contribution in [0.2, 0.25) is 0 Å². The first kappa shape index (κ1) is 19.1. The molecule has 0 bridgehead atoms. The van der Waals surface area contributed by atoms with Crippen molar-refractivity contribution in [2.45, 2.75) is 43.1 Å². The van der Waals surface area contributed by atoms with Crippen LogP contribution in [-0.2, 0) is 9.53 Å². The average molecular weight is 393 g/mol. The second-order valence-electron chi connectivity index (χ2n) is 6.50. The number of nitrogens with zero attached hydrogens (tertiary/aromatic N) is 2. The molecule has 8 heteroatoms. The molecule has 1 aliphatic heterocycles. The molecule has 1 amide bonds. The van der Waals surface area contributed by atoms with Gasteiger partial charge in [-0.2, -0.15) is 0 Å². The number of anilines is 2. The summed E-state index contributed by atoms with van der Waals surface area (Å²) in [4.78, 5) is 11.9. The molecule has 0 saturated carbocycles. The van der Waals surface area contributed by atoms with E-state index in [1.807, 2.05) is 12.1 Å². The van der Waals surface area contributed by atoms with E-state index in [2.05, 4.69) is 46.8 Å². The van der Waals surface area contributed by atoms with Crippen LogP contribution in [0.4, 0.5) is 10.8 Å². The molecule has 140 valence electrons. The standard InChI is InChI=1S/C18H24N4O2S2/c1-12(2)13-5-7-14(8-6-13)20-17-21-22-18(26-17)25-11-16(23)19-10-15-4-3-9-24-15/h5-8,12,15H,3-4,9-11H2,1-2H3,(H,19,23)(H,20,21)/t15-/m1/s1. The zero-order valence-electron chi connectivity index (χ0n) is 15.0. The van der Waals surface area contributed by atoms with E-state index < -0.39 is 0 Å². The van der Waals surface area contributed by atoms with Gasteiger partial charge in [0.15, 0.2) is 4.34 Å². The minimum Gasteiger partial charge on any atom is -0.376 e. The Morgan fingerprint density at radius 2 is 2.15 bits per heavy atom. The lowest BCUT2D eigenvalue weighted by molar-refractivity contribution is -0.119. The molecule has 1 aliphatic rings. The summed E-state index contributed by atoms with van der Waals surface area (Å²) in [6.45, 7) is 5.74. The van der Waals surface area contributed by atoms with Crippen LogP contribution >= 0.6 is 23.1 Å². The fourth-order valence-corrected chi connectivity index (χ4v) is 4.21. The SMILES string of the molecule is CC(C)c1ccc(Nc2nnc(SCC(=O)NC[C@H]3CCCO3)s2)cc1. The zero-order valence-corrected chi connectivity index (χ0v) is 16.7. The van der Waals surface area contributed by atoms with Crippen molar-refractivity contribution < 1.29 is 9.53 Å². The van der Waals surface area contributed by atoms with E-state index in [0.29, 0.717) is 18.2 Å². The maximum atomic E-state index is 11.9. The average Bonchev–Trinajstić information content (AvgIpc) is 3.30. The second kappa shape index (κ2) is 9.34. The molecule has 3 rings (SSSR count). The normalized spacial score (nSPS) is 16.8. The zero-order chi connectivity index (χ0) is 18.4. The van der Waals surface area contributed by atoms with Gasteiger partial charge in [0.1, 0.15) is 0 Å². The Morgan fingerprint density at radius 1 is 1.35 bits per heavy atom. The fraction of sp³-hybridized carbons (Fsp3) is 0.500. The van der Waals surface area contributed by atoms with Gasteiger partial charge in [-0.25, -0.2) is 0 Å². The Morgan fingerprint density at radius 3 is 2.85 bits per heavy atom. The highest BCUT2D eigenvalue weighted by atomic mass is 32.2. The summed E-state index contributed by atoms with van der Waals surface area (Å²) < 4.78 is 6.27. The molecule has 0 unspecified atom stereocenters. The van der Waals surface area contributed by atoms with Gasteiger partial charge in [0, 0.05) is 18.8 Å². The quantitative estimate of drug-likeness (QED) is 0.666. The van der Waals surface area contributed by atoms with E-state index in [0.717, 1.165) is 34.6 Å². The third-order valence-electron chi connectivity index (χ3n) is 4.11. The summed E-state index contributed by atoms with van der Waals surface area (Å²) in [5, 5.41) is 15.2. The summed E-state index contributed by atoms with van der Waals surface area (Å²) in [6.07, 6.45) is 2.27. The summed E-state index contributed by atoms with van der Waals surface area (Å²) in [5.74, 6) is 0.851. The van der Waals surface area contributed by atoms with E-state index in [1.165, 1.54) is 28.7 Å². The number of aromatic nitrogens is 2. The van der Waals surface area contributed by atoms with Gasteiger partial charge >= 0.3 is 0 Å². The molecule has 0 radical (unpaired) electrons. The van der Waals surface area contributed by atoms with Crippen molar-refractivity contribution in [2.24, 2.45) is 0 Å². The lowest BCUT2D eigenvalue weighted by atomic mass is 10.0. The van der Waals surface area contributed by atoms with Gasteiger partial charge in [-0.3, -0.25) is 4.79 Å². The van der Waals surface area contributed by atoms with E-state index in [9.17, 15) is 4.79 Å². The third-order valence-corrected chi connectivity index (χ3v) is 6.08. The van der Waals surface area contributed by atoms with E-state index >= 15 is 0 Å². The largest absolute Gasteiger partial charge is 0.376 e. The van der Waals surface area contributed by atoms with E-state index in [1.54, 1.807) is 0 Å². The molecule has 0 spiro atoms. The number of hydrogen-bond donors (Lipinski definition) is 2. The summed E-state index contributed by atoms with van der Waals surface area (Å²) in [5.41, 5.74) is 2.29. The van der Waals surface area contributed by atoms with Crippen molar-refractivity contribution in [2.75, 3.05) is 24.2 Å². The minimum absolute atomic E-state index is 0.000478. The number of carbonyl (C=O) groups excluding carboxylic acids is 1. The third kappa shape index (κ3) is 5.69. The van der Waals surface area contributed by atoms with Gasteiger partial charge < -0.3 is 15.4 Å².